The maximum atomic E-state index is 13.0. The highest BCUT2D eigenvalue weighted by Gasteiger charge is 2.37. The number of pyridine rings is 1. The molecule has 0 radical (unpaired) electrons. The smallest absolute Gasteiger partial charge is 0.337 e. The molecule has 170 valence electrons. The predicted molar refractivity (Wildman–Crippen MR) is 121 cm³/mol. The van der Waals surface area contributed by atoms with E-state index in [1.54, 1.807) is 41.1 Å². The molecule has 0 spiro atoms. The summed E-state index contributed by atoms with van der Waals surface area (Å²) in [6, 6.07) is 9.64. The summed E-state index contributed by atoms with van der Waals surface area (Å²) >= 11 is 0. The van der Waals surface area contributed by atoms with Crippen molar-refractivity contribution in [3.8, 4) is 0 Å². The Morgan fingerprint density at radius 2 is 1.97 bits per heavy atom. The first-order chi connectivity index (χ1) is 15.8. The summed E-state index contributed by atoms with van der Waals surface area (Å²) in [4.78, 5) is 55.5. The number of ether oxygens (including phenoxy) is 1. The second-order valence-corrected chi connectivity index (χ2v) is 8.00. The van der Waals surface area contributed by atoms with Crippen LogP contribution >= 0.6 is 0 Å². The first-order valence-electron chi connectivity index (χ1n) is 10.5. The van der Waals surface area contributed by atoms with Crippen molar-refractivity contribution in [2.24, 2.45) is 0 Å². The van der Waals surface area contributed by atoms with Crippen molar-refractivity contribution in [1.29, 1.82) is 0 Å². The zero-order valence-corrected chi connectivity index (χ0v) is 18.6. The van der Waals surface area contributed by atoms with Gasteiger partial charge in [0.2, 0.25) is 11.8 Å². The minimum Gasteiger partial charge on any atom is -0.465 e. The number of nitrogens with one attached hydrogen (secondary N) is 1. The predicted octanol–water partition coefficient (Wildman–Crippen LogP) is 2.57. The first kappa shape index (κ1) is 22.2. The summed E-state index contributed by atoms with van der Waals surface area (Å²) in [5, 5.41) is 3.34. The molecule has 9 nitrogen and oxygen atoms in total. The Balaban J connectivity index is 1.53. The van der Waals surface area contributed by atoms with E-state index >= 15 is 0 Å². The zero-order chi connectivity index (χ0) is 23.7. The molecule has 3 heterocycles. The fourth-order valence-electron chi connectivity index (χ4n) is 3.97. The van der Waals surface area contributed by atoms with Crippen molar-refractivity contribution in [2.75, 3.05) is 19.0 Å². The number of aromatic nitrogens is 2. The lowest BCUT2D eigenvalue weighted by Crippen LogP contribution is -2.57. The first-order valence-corrected chi connectivity index (χ1v) is 10.5. The average molecular weight is 448 g/mol. The van der Waals surface area contributed by atoms with Crippen molar-refractivity contribution < 1.29 is 23.9 Å². The van der Waals surface area contributed by atoms with E-state index < -0.39 is 12.0 Å². The Bertz CT molecular complexity index is 1280. The van der Waals surface area contributed by atoms with Gasteiger partial charge >= 0.3 is 5.97 Å². The van der Waals surface area contributed by atoms with Crippen LogP contribution in [-0.2, 0) is 20.9 Å². The van der Waals surface area contributed by atoms with Gasteiger partial charge in [0.05, 0.1) is 12.7 Å². The molecule has 1 aliphatic heterocycles. The van der Waals surface area contributed by atoms with Gasteiger partial charge < -0.3 is 19.5 Å². The number of nitrogens with zero attached hydrogens (tertiary/aromatic N) is 3. The molecule has 2 aromatic heterocycles. The number of esters is 1. The molecule has 0 bridgehead atoms. The molecule has 1 N–H and O–H groups in total. The van der Waals surface area contributed by atoms with E-state index in [9.17, 15) is 19.2 Å². The van der Waals surface area contributed by atoms with Gasteiger partial charge in [0.25, 0.3) is 0 Å². The molecule has 3 aromatic rings. The molecular weight excluding hydrogens is 424 g/mol. The number of hydrogen-bond acceptors (Lipinski definition) is 6. The number of ketones is 1. The van der Waals surface area contributed by atoms with E-state index in [1.165, 1.54) is 18.9 Å². The summed E-state index contributed by atoms with van der Waals surface area (Å²) in [6.45, 7) is 3.71. The van der Waals surface area contributed by atoms with Crippen molar-refractivity contribution in [3.63, 3.8) is 0 Å². The number of fused-ring (bicyclic) bond motifs is 1. The Kier molecular flexibility index (Phi) is 5.95. The van der Waals surface area contributed by atoms with E-state index in [2.05, 4.69) is 10.3 Å². The van der Waals surface area contributed by atoms with Gasteiger partial charge in [-0.25, -0.2) is 9.78 Å². The highest BCUT2D eigenvalue weighted by Crippen LogP contribution is 2.26. The molecule has 0 unspecified atom stereocenters. The number of carbonyl (C=O) groups is 4. The van der Waals surface area contributed by atoms with Crippen LogP contribution in [-0.4, -0.2) is 57.7 Å². The topological polar surface area (TPSA) is 111 Å². The highest BCUT2D eigenvalue weighted by atomic mass is 16.5. The van der Waals surface area contributed by atoms with E-state index in [0.29, 0.717) is 40.8 Å². The van der Waals surface area contributed by atoms with Crippen LogP contribution in [0.3, 0.4) is 0 Å². The Morgan fingerprint density at radius 1 is 1.18 bits per heavy atom. The number of methoxy groups -OCH3 is 1. The number of amides is 2. The molecular formula is C24H24N4O5. The Morgan fingerprint density at radius 3 is 2.61 bits per heavy atom. The molecule has 9 heteroatoms. The molecule has 1 atom stereocenters. The van der Waals surface area contributed by atoms with Crippen molar-refractivity contribution in [1.82, 2.24) is 14.5 Å². The van der Waals surface area contributed by atoms with Gasteiger partial charge in [-0.1, -0.05) is 6.07 Å². The minimum atomic E-state index is -0.570. The third-order valence-corrected chi connectivity index (χ3v) is 5.77. The van der Waals surface area contributed by atoms with Crippen molar-refractivity contribution in [3.05, 3.63) is 59.4 Å². The van der Waals surface area contributed by atoms with Crippen LogP contribution in [0.5, 0.6) is 0 Å². The van der Waals surface area contributed by atoms with Gasteiger partial charge in [-0.05, 0) is 50.6 Å². The van der Waals surface area contributed by atoms with Gasteiger partial charge in [-0.3, -0.25) is 14.4 Å². The molecule has 0 aliphatic carbocycles. The van der Waals surface area contributed by atoms with Crippen LogP contribution in [0.1, 0.15) is 39.8 Å². The number of benzene rings is 1. The van der Waals surface area contributed by atoms with E-state index in [1.807, 2.05) is 13.0 Å². The summed E-state index contributed by atoms with van der Waals surface area (Å²) in [6.07, 6.45) is 2.18. The fourth-order valence-corrected chi connectivity index (χ4v) is 3.97. The van der Waals surface area contributed by atoms with E-state index in [4.69, 9.17) is 4.74 Å². The maximum Gasteiger partial charge on any atom is 0.337 e. The highest BCUT2D eigenvalue weighted by molar-refractivity contribution is 6.09. The van der Waals surface area contributed by atoms with Crippen LogP contribution in [0, 0.1) is 6.92 Å². The van der Waals surface area contributed by atoms with Gasteiger partial charge in [-0.2, -0.15) is 0 Å². The number of aryl methyl sites for hydroxylation is 1. The van der Waals surface area contributed by atoms with Gasteiger partial charge in [0.1, 0.15) is 18.4 Å². The fraction of sp³-hybridized carbons (Fsp3) is 0.292. The van der Waals surface area contributed by atoms with Crippen LogP contribution in [0.15, 0.2) is 42.6 Å². The molecule has 2 amide bonds. The molecule has 0 saturated carbocycles. The summed E-state index contributed by atoms with van der Waals surface area (Å²) in [7, 11) is 1.29. The van der Waals surface area contributed by atoms with Gasteiger partial charge in [-0.15, -0.1) is 0 Å². The third kappa shape index (κ3) is 4.34. The van der Waals surface area contributed by atoms with E-state index in [-0.39, 0.29) is 24.1 Å². The summed E-state index contributed by atoms with van der Waals surface area (Å²) in [5.41, 5.74) is 2.16. The second-order valence-electron chi connectivity index (χ2n) is 8.00. The monoisotopic (exact) mass is 448 g/mol. The normalized spacial score (nSPS) is 15.1. The molecule has 4 rings (SSSR count). The van der Waals surface area contributed by atoms with Crippen LogP contribution in [0.2, 0.25) is 0 Å². The lowest BCUT2D eigenvalue weighted by Gasteiger charge is -2.39. The Hall–Kier alpha value is -4.01. The molecule has 1 aromatic carbocycles. The number of carbonyl (C=O) groups excluding carboxylic acids is 4. The summed E-state index contributed by atoms with van der Waals surface area (Å²) < 4.78 is 6.43. The van der Waals surface area contributed by atoms with Crippen LogP contribution < -0.4 is 5.32 Å². The lowest BCUT2D eigenvalue weighted by atomic mass is 10.0. The largest absolute Gasteiger partial charge is 0.465 e. The number of anilines is 1. The van der Waals surface area contributed by atoms with Crippen molar-refractivity contribution in [2.45, 2.75) is 32.9 Å². The molecule has 33 heavy (non-hydrogen) atoms. The molecule has 1 aliphatic rings. The van der Waals surface area contributed by atoms with E-state index in [0.717, 1.165) is 5.69 Å². The van der Waals surface area contributed by atoms with Gasteiger partial charge in [0, 0.05) is 34.9 Å². The number of hydrogen-bond donors (Lipinski definition) is 1. The second kappa shape index (κ2) is 8.85. The minimum absolute atomic E-state index is 0.0339. The standard InChI is InChI=1S/C24H24N4O5/c1-14-5-4-6-21(25-14)26-23(31)20-9-10-28(20)22(30)13-27-12-18(15(2)29)17-11-16(24(32)33-3)7-8-19(17)27/h4-8,11-12,20H,9-10,13H2,1-3H3,(H,25,26,31)/t20-/m0/s1. The Labute approximate surface area is 190 Å². The van der Waals surface area contributed by atoms with Crippen LogP contribution in [0.25, 0.3) is 10.9 Å². The van der Waals surface area contributed by atoms with Crippen molar-refractivity contribution >= 4 is 40.3 Å². The number of Topliss-reactive ketones (excluding diaryl/α,β-unsaturated/α-hetero) is 1. The summed E-state index contributed by atoms with van der Waals surface area (Å²) in [5.74, 6) is -0.754. The zero-order valence-electron chi connectivity index (χ0n) is 18.6. The van der Waals surface area contributed by atoms with Gasteiger partial charge in [0.15, 0.2) is 5.78 Å². The molecule has 1 fully saturated rings. The molecule has 1 saturated heterocycles. The number of likely N-dealkylation sites (tertiary alicyclic amines) is 1. The average Bonchev–Trinajstić information content (AvgIpc) is 3.10. The SMILES string of the molecule is COC(=O)c1ccc2c(c1)c(C(C)=O)cn2CC(=O)N1CC[C@H]1C(=O)Nc1cccc(C)n1. The third-order valence-electron chi connectivity index (χ3n) is 5.77. The van der Waals surface area contributed by atoms with Crippen LogP contribution in [0.4, 0.5) is 5.82 Å². The number of rotatable bonds is 6. The quantitative estimate of drug-likeness (QED) is 0.458. The maximum absolute atomic E-state index is 13.0. The lowest BCUT2D eigenvalue weighted by molar-refractivity contribution is -0.145.